The van der Waals surface area contributed by atoms with Crippen LogP contribution in [0.4, 0.5) is 5.82 Å². The minimum absolute atomic E-state index is 0.158. The van der Waals surface area contributed by atoms with Crippen LogP contribution in [0.3, 0.4) is 0 Å². The predicted octanol–water partition coefficient (Wildman–Crippen LogP) is 3.50. The van der Waals surface area contributed by atoms with E-state index in [2.05, 4.69) is 15.1 Å². The number of carbonyl (C=O) groups excluding carboxylic acids is 3. The fourth-order valence-electron chi connectivity index (χ4n) is 4.89. The molecule has 0 radical (unpaired) electrons. The second kappa shape index (κ2) is 9.89. The van der Waals surface area contributed by atoms with Crippen molar-refractivity contribution in [3.8, 4) is 11.3 Å². The molecule has 0 saturated carbocycles. The number of rotatable bonds is 6. The van der Waals surface area contributed by atoms with Gasteiger partial charge in [-0.2, -0.15) is 0 Å². The van der Waals surface area contributed by atoms with Gasteiger partial charge in [0.05, 0.1) is 16.8 Å². The Bertz CT molecular complexity index is 1230. The highest BCUT2D eigenvalue weighted by Crippen LogP contribution is 2.29. The molecule has 2 unspecified atom stereocenters. The first-order chi connectivity index (χ1) is 17.5. The van der Waals surface area contributed by atoms with Crippen molar-refractivity contribution in [2.45, 2.75) is 26.3 Å². The summed E-state index contributed by atoms with van der Waals surface area (Å²) in [7, 11) is 0. The van der Waals surface area contributed by atoms with Crippen LogP contribution in [-0.4, -0.2) is 69.9 Å². The van der Waals surface area contributed by atoms with Gasteiger partial charge >= 0.3 is 0 Å². The number of fused-ring (bicyclic) bond motifs is 1. The SMILES string of the molecule is CCC(C)C(C(=O)N1CCN(c2ccc(-c3ccccc3)nn2)CC1)N1C(=O)c2ccccc2C1=O. The van der Waals surface area contributed by atoms with Gasteiger partial charge in [-0.1, -0.05) is 62.7 Å². The fraction of sp³-hybridized carbons (Fsp3) is 0.321. The maximum Gasteiger partial charge on any atom is 0.262 e. The molecular weight excluding hydrogens is 454 g/mol. The predicted molar refractivity (Wildman–Crippen MR) is 136 cm³/mol. The summed E-state index contributed by atoms with van der Waals surface area (Å²) in [6, 6.07) is 19.8. The second-order valence-electron chi connectivity index (χ2n) is 9.31. The summed E-state index contributed by atoms with van der Waals surface area (Å²) < 4.78 is 0. The van der Waals surface area contributed by atoms with Gasteiger partial charge in [0.1, 0.15) is 6.04 Å². The van der Waals surface area contributed by atoms with Gasteiger partial charge in [0.2, 0.25) is 5.91 Å². The smallest absolute Gasteiger partial charge is 0.262 e. The molecule has 8 heteroatoms. The number of anilines is 1. The van der Waals surface area contributed by atoms with Crippen LogP contribution in [-0.2, 0) is 4.79 Å². The lowest BCUT2D eigenvalue weighted by Gasteiger charge is -2.39. The van der Waals surface area contributed by atoms with Crippen molar-refractivity contribution in [3.05, 3.63) is 77.9 Å². The van der Waals surface area contributed by atoms with Crippen LogP contribution in [0, 0.1) is 5.92 Å². The molecule has 1 aromatic heterocycles. The molecule has 0 aliphatic carbocycles. The summed E-state index contributed by atoms with van der Waals surface area (Å²) in [5.74, 6) is -0.345. The lowest BCUT2D eigenvalue weighted by molar-refractivity contribution is -0.137. The summed E-state index contributed by atoms with van der Waals surface area (Å²) in [4.78, 5) is 45.0. The van der Waals surface area contributed by atoms with Crippen LogP contribution in [0.15, 0.2) is 66.7 Å². The van der Waals surface area contributed by atoms with Crippen LogP contribution >= 0.6 is 0 Å². The van der Waals surface area contributed by atoms with Gasteiger partial charge in [-0.3, -0.25) is 19.3 Å². The zero-order valence-electron chi connectivity index (χ0n) is 20.5. The number of amides is 3. The van der Waals surface area contributed by atoms with Crippen molar-refractivity contribution in [2.24, 2.45) is 5.92 Å². The molecular formula is C28H29N5O3. The molecule has 36 heavy (non-hydrogen) atoms. The molecule has 1 fully saturated rings. The second-order valence-corrected chi connectivity index (χ2v) is 9.31. The molecule has 2 atom stereocenters. The molecule has 1 saturated heterocycles. The maximum absolute atomic E-state index is 13.7. The molecule has 184 valence electrons. The van der Waals surface area contributed by atoms with Gasteiger partial charge in [0.25, 0.3) is 11.8 Å². The molecule has 2 aliphatic rings. The fourth-order valence-corrected chi connectivity index (χ4v) is 4.89. The van der Waals surface area contributed by atoms with Gasteiger partial charge in [0.15, 0.2) is 5.82 Å². The van der Waals surface area contributed by atoms with E-state index in [4.69, 9.17) is 0 Å². The van der Waals surface area contributed by atoms with E-state index in [0.717, 1.165) is 17.1 Å². The van der Waals surface area contributed by atoms with Gasteiger partial charge in [-0.05, 0) is 30.2 Å². The lowest BCUT2D eigenvalue weighted by atomic mass is 9.95. The maximum atomic E-state index is 13.7. The van der Waals surface area contributed by atoms with Crippen LogP contribution in [0.1, 0.15) is 41.0 Å². The Balaban J connectivity index is 1.28. The van der Waals surface area contributed by atoms with E-state index in [9.17, 15) is 14.4 Å². The molecule has 8 nitrogen and oxygen atoms in total. The van der Waals surface area contributed by atoms with Crippen molar-refractivity contribution in [2.75, 3.05) is 31.1 Å². The Kier molecular flexibility index (Phi) is 6.50. The summed E-state index contributed by atoms with van der Waals surface area (Å²) in [6.45, 7) is 6.06. The van der Waals surface area contributed by atoms with E-state index in [1.54, 1.807) is 29.2 Å². The monoisotopic (exact) mass is 483 g/mol. The minimum Gasteiger partial charge on any atom is -0.352 e. The van der Waals surface area contributed by atoms with Crippen molar-refractivity contribution in [1.82, 2.24) is 20.0 Å². The van der Waals surface area contributed by atoms with Crippen molar-refractivity contribution >= 4 is 23.5 Å². The van der Waals surface area contributed by atoms with E-state index in [0.29, 0.717) is 43.7 Å². The van der Waals surface area contributed by atoms with E-state index >= 15 is 0 Å². The zero-order valence-corrected chi connectivity index (χ0v) is 20.5. The van der Waals surface area contributed by atoms with Gasteiger partial charge in [-0.25, -0.2) is 0 Å². The van der Waals surface area contributed by atoms with E-state index in [-0.39, 0.29) is 23.6 Å². The summed E-state index contributed by atoms with van der Waals surface area (Å²) >= 11 is 0. The van der Waals surface area contributed by atoms with E-state index in [1.807, 2.05) is 56.3 Å². The molecule has 0 bridgehead atoms. The van der Waals surface area contributed by atoms with Crippen molar-refractivity contribution < 1.29 is 14.4 Å². The number of piperazine rings is 1. The highest BCUT2D eigenvalue weighted by Gasteiger charge is 2.46. The summed E-state index contributed by atoms with van der Waals surface area (Å²) in [6.07, 6.45) is 0.674. The Morgan fingerprint density at radius 1 is 0.833 bits per heavy atom. The molecule has 3 heterocycles. The first-order valence-electron chi connectivity index (χ1n) is 12.4. The third-order valence-corrected chi connectivity index (χ3v) is 7.17. The number of benzene rings is 2. The molecule has 3 amide bonds. The highest BCUT2D eigenvalue weighted by molar-refractivity contribution is 6.22. The largest absolute Gasteiger partial charge is 0.352 e. The summed E-state index contributed by atoms with van der Waals surface area (Å²) in [5, 5.41) is 8.78. The first kappa shape index (κ1) is 23.7. The van der Waals surface area contributed by atoms with Crippen LogP contribution < -0.4 is 4.90 Å². The average molecular weight is 484 g/mol. The Morgan fingerprint density at radius 2 is 1.44 bits per heavy atom. The number of hydrogen-bond acceptors (Lipinski definition) is 6. The van der Waals surface area contributed by atoms with Gasteiger partial charge < -0.3 is 9.80 Å². The standard InChI is InChI=1S/C28H29N5O3/c1-3-19(2)25(33-26(34)21-11-7-8-12-22(21)27(33)35)28(36)32-17-15-31(16-18-32)24-14-13-23(29-30-24)20-9-5-4-6-10-20/h4-14,19,25H,3,15-18H2,1-2H3. The van der Waals surface area contributed by atoms with E-state index < -0.39 is 6.04 Å². The number of imide groups is 1. The number of carbonyl (C=O) groups is 3. The van der Waals surface area contributed by atoms with Crippen LogP contribution in [0.25, 0.3) is 11.3 Å². The number of aromatic nitrogens is 2. The third kappa shape index (κ3) is 4.23. The average Bonchev–Trinajstić information content (AvgIpc) is 3.19. The molecule has 2 aliphatic heterocycles. The normalized spacial score (nSPS) is 17.2. The van der Waals surface area contributed by atoms with Crippen LogP contribution in [0.5, 0.6) is 0 Å². The third-order valence-electron chi connectivity index (χ3n) is 7.17. The Morgan fingerprint density at radius 3 is 2.00 bits per heavy atom. The Hall–Kier alpha value is -4.07. The van der Waals surface area contributed by atoms with E-state index in [1.165, 1.54) is 4.90 Å². The zero-order chi connectivity index (χ0) is 25.2. The minimum atomic E-state index is -0.820. The molecule has 2 aromatic carbocycles. The van der Waals surface area contributed by atoms with Gasteiger partial charge in [-0.15, -0.1) is 10.2 Å². The topological polar surface area (TPSA) is 86.7 Å². The van der Waals surface area contributed by atoms with Crippen molar-refractivity contribution in [1.29, 1.82) is 0 Å². The Labute approximate surface area is 210 Å². The molecule has 3 aromatic rings. The summed E-state index contributed by atoms with van der Waals surface area (Å²) in [5.41, 5.74) is 2.55. The number of nitrogens with zero attached hydrogens (tertiary/aromatic N) is 5. The van der Waals surface area contributed by atoms with Gasteiger partial charge in [0, 0.05) is 31.7 Å². The molecule has 5 rings (SSSR count). The number of hydrogen-bond donors (Lipinski definition) is 0. The first-order valence-corrected chi connectivity index (χ1v) is 12.4. The quantitative estimate of drug-likeness (QED) is 0.499. The molecule has 0 N–H and O–H groups in total. The lowest BCUT2D eigenvalue weighted by Crippen LogP contribution is -2.58. The highest BCUT2D eigenvalue weighted by atomic mass is 16.2. The van der Waals surface area contributed by atoms with Crippen molar-refractivity contribution in [3.63, 3.8) is 0 Å². The molecule has 0 spiro atoms. The van der Waals surface area contributed by atoms with Crippen LogP contribution in [0.2, 0.25) is 0 Å².